The summed E-state index contributed by atoms with van der Waals surface area (Å²) in [4.78, 5) is 6.09. The van der Waals surface area contributed by atoms with Gasteiger partial charge in [-0.1, -0.05) is 0 Å². The van der Waals surface area contributed by atoms with Gasteiger partial charge in [0.15, 0.2) is 0 Å². The Labute approximate surface area is 110 Å². The first-order chi connectivity index (χ1) is 9.00. The number of nitrogens with zero attached hydrogens (tertiary/aromatic N) is 2. The normalized spacial score (nSPS) is 17.6. The molecule has 106 valence electrons. The maximum atomic E-state index is 12.6. The van der Waals surface area contributed by atoms with E-state index in [1.807, 2.05) is 17.9 Å². The van der Waals surface area contributed by atoms with Crippen LogP contribution in [0.1, 0.15) is 19.8 Å². The second kappa shape index (κ2) is 5.67. The highest BCUT2D eigenvalue weighted by molar-refractivity contribution is 5.55. The summed E-state index contributed by atoms with van der Waals surface area (Å²) in [5, 5.41) is 3.15. The summed E-state index contributed by atoms with van der Waals surface area (Å²) < 4.78 is 37.8. The molecule has 1 N–H and O–H groups in total. The number of anilines is 2. The van der Waals surface area contributed by atoms with Gasteiger partial charge in [0.1, 0.15) is 0 Å². The fourth-order valence-electron chi connectivity index (χ4n) is 2.37. The van der Waals surface area contributed by atoms with E-state index in [1.54, 1.807) is 12.4 Å². The number of alkyl halides is 3. The Balaban J connectivity index is 1.99. The van der Waals surface area contributed by atoms with Crippen molar-refractivity contribution in [3.63, 3.8) is 0 Å². The predicted molar refractivity (Wildman–Crippen MR) is 69.4 cm³/mol. The van der Waals surface area contributed by atoms with Gasteiger partial charge in [0.05, 0.1) is 29.7 Å². The minimum absolute atomic E-state index is 0.162. The molecule has 0 aromatic carbocycles. The number of pyridine rings is 1. The van der Waals surface area contributed by atoms with Crippen LogP contribution < -0.4 is 10.2 Å². The minimum atomic E-state index is -4.06. The number of piperidine rings is 1. The van der Waals surface area contributed by atoms with E-state index < -0.39 is 12.1 Å². The number of aromatic nitrogens is 1. The van der Waals surface area contributed by atoms with Crippen LogP contribution in [-0.4, -0.2) is 30.8 Å². The molecule has 0 bridgehead atoms. The van der Waals surface area contributed by atoms with Crippen molar-refractivity contribution in [1.82, 2.24) is 4.98 Å². The average Bonchev–Trinajstić information content (AvgIpc) is 2.39. The Morgan fingerprint density at radius 2 is 2.00 bits per heavy atom. The Morgan fingerprint density at radius 1 is 1.32 bits per heavy atom. The second-order valence-corrected chi connectivity index (χ2v) is 4.77. The van der Waals surface area contributed by atoms with Crippen molar-refractivity contribution in [2.24, 2.45) is 5.92 Å². The zero-order valence-corrected chi connectivity index (χ0v) is 10.9. The van der Waals surface area contributed by atoms with Crippen molar-refractivity contribution in [2.75, 3.05) is 29.9 Å². The van der Waals surface area contributed by atoms with Crippen LogP contribution in [0.4, 0.5) is 24.5 Å². The van der Waals surface area contributed by atoms with Crippen LogP contribution in [0.3, 0.4) is 0 Å². The van der Waals surface area contributed by atoms with Crippen LogP contribution >= 0.6 is 0 Å². The molecule has 2 rings (SSSR count). The number of halogens is 3. The summed E-state index contributed by atoms with van der Waals surface area (Å²) in [6, 6.07) is 1.93. The molecule has 19 heavy (non-hydrogen) atoms. The highest BCUT2D eigenvalue weighted by Crippen LogP contribution is 2.35. The van der Waals surface area contributed by atoms with Gasteiger partial charge in [-0.3, -0.25) is 4.98 Å². The fraction of sp³-hybridized carbons (Fsp3) is 0.615. The van der Waals surface area contributed by atoms with Gasteiger partial charge in [-0.2, -0.15) is 13.2 Å². The third kappa shape index (κ3) is 3.52. The zero-order valence-electron chi connectivity index (χ0n) is 10.9. The molecular formula is C13H18F3N3. The van der Waals surface area contributed by atoms with Gasteiger partial charge in [-0.25, -0.2) is 0 Å². The topological polar surface area (TPSA) is 28.2 Å². The summed E-state index contributed by atoms with van der Waals surface area (Å²) >= 11 is 0. The van der Waals surface area contributed by atoms with E-state index >= 15 is 0 Å². The average molecular weight is 273 g/mol. The van der Waals surface area contributed by atoms with Crippen LogP contribution in [0.15, 0.2) is 18.5 Å². The Kier molecular flexibility index (Phi) is 4.17. The molecule has 1 fully saturated rings. The smallest absolute Gasteiger partial charge is 0.384 e. The molecule has 1 aliphatic heterocycles. The van der Waals surface area contributed by atoms with Crippen LogP contribution in [0, 0.1) is 5.92 Å². The van der Waals surface area contributed by atoms with Gasteiger partial charge in [0.2, 0.25) is 0 Å². The van der Waals surface area contributed by atoms with Gasteiger partial charge in [0.25, 0.3) is 0 Å². The zero-order chi connectivity index (χ0) is 13.9. The first-order valence-corrected chi connectivity index (χ1v) is 6.51. The SMILES string of the molecule is CCNc1cncc(N2CCC(C(F)(F)F)CC2)c1. The van der Waals surface area contributed by atoms with Crippen LogP contribution in [-0.2, 0) is 0 Å². The summed E-state index contributed by atoms with van der Waals surface area (Å²) in [5.74, 6) is -1.16. The quantitative estimate of drug-likeness (QED) is 0.916. The Morgan fingerprint density at radius 3 is 2.58 bits per heavy atom. The van der Waals surface area contributed by atoms with E-state index in [9.17, 15) is 13.2 Å². The van der Waals surface area contributed by atoms with Crippen molar-refractivity contribution in [2.45, 2.75) is 25.9 Å². The molecule has 0 aliphatic carbocycles. The van der Waals surface area contributed by atoms with Crippen molar-refractivity contribution < 1.29 is 13.2 Å². The summed E-state index contributed by atoms with van der Waals surface area (Å²) in [6.07, 6.45) is -0.315. The lowest BCUT2D eigenvalue weighted by Gasteiger charge is -2.34. The molecule has 0 saturated carbocycles. The van der Waals surface area contributed by atoms with Crippen LogP contribution in [0.2, 0.25) is 0 Å². The third-order valence-corrected chi connectivity index (χ3v) is 3.43. The van der Waals surface area contributed by atoms with Gasteiger partial charge in [-0.15, -0.1) is 0 Å². The number of hydrogen-bond acceptors (Lipinski definition) is 3. The van der Waals surface area contributed by atoms with Gasteiger partial charge >= 0.3 is 6.18 Å². The lowest BCUT2D eigenvalue weighted by atomic mass is 9.96. The van der Waals surface area contributed by atoms with E-state index in [1.165, 1.54) is 0 Å². The van der Waals surface area contributed by atoms with Crippen molar-refractivity contribution in [3.8, 4) is 0 Å². The van der Waals surface area contributed by atoms with Crippen molar-refractivity contribution in [1.29, 1.82) is 0 Å². The standard InChI is InChI=1S/C13H18F3N3/c1-2-18-11-7-12(9-17-8-11)19-5-3-10(4-6-19)13(14,15)16/h7-10,18H,2-6H2,1H3. The van der Waals surface area contributed by atoms with Gasteiger partial charge in [0, 0.05) is 19.6 Å². The van der Waals surface area contributed by atoms with Crippen LogP contribution in [0.5, 0.6) is 0 Å². The number of rotatable bonds is 3. The molecular weight excluding hydrogens is 255 g/mol. The summed E-state index contributed by atoms with van der Waals surface area (Å²) in [6.45, 7) is 3.64. The monoisotopic (exact) mass is 273 g/mol. The molecule has 1 aromatic heterocycles. The maximum Gasteiger partial charge on any atom is 0.391 e. The number of nitrogens with one attached hydrogen (secondary N) is 1. The lowest BCUT2D eigenvalue weighted by molar-refractivity contribution is -0.179. The first kappa shape index (κ1) is 14.0. The molecule has 1 saturated heterocycles. The highest BCUT2D eigenvalue weighted by atomic mass is 19.4. The first-order valence-electron chi connectivity index (χ1n) is 6.51. The molecule has 0 atom stereocenters. The Bertz CT molecular complexity index is 412. The van der Waals surface area contributed by atoms with E-state index in [-0.39, 0.29) is 12.8 Å². The molecule has 2 heterocycles. The minimum Gasteiger partial charge on any atom is -0.384 e. The number of hydrogen-bond donors (Lipinski definition) is 1. The molecule has 1 aromatic rings. The predicted octanol–water partition coefficient (Wildman–Crippen LogP) is 3.29. The van der Waals surface area contributed by atoms with E-state index in [2.05, 4.69) is 10.3 Å². The van der Waals surface area contributed by atoms with Crippen LogP contribution in [0.25, 0.3) is 0 Å². The van der Waals surface area contributed by atoms with Gasteiger partial charge < -0.3 is 10.2 Å². The molecule has 6 heteroatoms. The molecule has 0 spiro atoms. The molecule has 0 radical (unpaired) electrons. The van der Waals surface area contributed by atoms with E-state index in [4.69, 9.17) is 0 Å². The van der Waals surface area contributed by atoms with E-state index in [0.29, 0.717) is 13.1 Å². The largest absolute Gasteiger partial charge is 0.391 e. The Hall–Kier alpha value is -1.46. The highest BCUT2D eigenvalue weighted by Gasteiger charge is 2.41. The molecule has 1 aliphatic rings. The second-order valence-electron chi connectivity index (χ2n) is 4.77. The third-order valence-electron chi connectivity index (χ3n) is 3.43. The maximum absolute atomic E-state index is 12.6. The van der Waals surface area contributed by atoms with E-state index in [0.717, 1.165) is 17.9 Å². The summed E-state index contributed by atoms with van der Waals surface area (Å²) in [7, 11) is 0. The van der Waals surface area contributed by atoms with Gasteiger partial charge in [-0.05, 0) is 25.8 Å². The lowest BCUT2D eigenvalue weighted by Crippen LogP contribution is -2.39. The molecule has 0 amide bonds. The summed E-state index contributed by atoms with van der Waals surface area (Å²) in [5.41, 5.74) is 1.79. The van der Waals surface area contributed by atoms with Crippen molar-refractivity contribution in [3.05, 3.63) is 18.5 Å². The fourth-order valence-corrected chi connectivity index (χ4v) is 2.37. The molecule has 3 nitrogen and oxygen atoms in total. The van der Waals surface area contributed by atoms with Crippen molar-refractivity contribution >= 4 is 11.4 Å². The molecule has 0 unspecified atom stereocenters.